The van der Waals surface area contributed by atoms with E-state index in [9.17, 15) is 9.50 Å². The highest BCUT2D eigenvalue weighted by Crippen LogP contribution is 2.28. The van der Waals surface area contributed by atoms with Gasteiger partial charge in [-0.25, -0.2) is 0 Å². The summed E-state index contributed by atoms with van der Waals surface area (Å²) in [4.78, 5) is 0. The molecule has 78 valence electrons. The van der Waals surface area contributed by atoms with E-state index in [0.29, 0.717) is 5.75 Å². The van der Waals surface area contributed by atoms with Gasteiger partial charge >= 0.3 is 0 Å². The van der Waals surface area contributed by atoms with Crippen molar-refractivity contribution in [3.63, 3.8) is 0 Å². The maximum absolute atomic E-state index is 12.0. The Morgan fingerprint density at radius 3 is 2.86 bits per heavy atom. The predicted molar refractivity (Wildman–Crippen MR) is 52.2 cm³/mol. The second-order valence-corrected chi connectivity index (χ2v) is 3.02. The van der Waals surface area contributed by atoms with Crippen LogP contribution >= 0.6 is 0 Å². The van der Waals surface area contributed by atoms with Gasteiger partial charge in [0, 0.05) is 6.04 Å². The van der Waals surface area contributed by atoms with Gasteiger partial charge in [0.2, 0.25) is 0 Å². The third-order valence-corrected chi connectivity index (χ3v) is 2.05. The fraction of sp³-hybridized carbons (Fsp3) is 0.400. The summed E-state index contributed by atoms with van der Waals surface area (Å²) < 4.78 is 16.9. The molecule has 0 bridgehead atoms. The van der Waals surface area contributed by atoms with E-state index in [1.165, 1.54) is 13.2 Å². The molecule has 1 rings (SSSR count). The third kappa shape index (κ3) is 2.35. The van der Waals surface area contributed by atoms with Crippen LogP contribution in [0.5, 0.6) is 11.5 Å². The molecule has 0 unspecified atom stereocenters. The minimum absolute atomic E-state index is 0.0590. The molecule has 0 saturated carbocycles. The van der Waals surface area contributed by atoms with E-state index in [0.717, 1.165) is 5.56 Å². The molecule has 0 fully saturated rings. The van der Waals surface area contributed by atoms with Crippen molar-refractivity contribution in [1.82, 2.24) is 0 Å². The number of aromatic hydroxyl groups is 1. The van der Waals surface area contributed by atoms with Crippen LogP contribution in [-0.4, -0.2) is 18.9 Å². The lowest BCUT2D eigenvalue weighted by atomic mass is 10.0. The van der Waals surface area contributed by atoms with Crippen molar-refractivity contribution in [3.8, 4) is 11.5 Å². The molecule has 1 aromatic carbocycles. The van der Waals surface area contributed by atoms with Gasteiger partial charge in [0.15, 0.2) is 11.5 Å². The lowest BCUT2D eigenvalue weighted by Crippen LogP contribution is -2.10. The number of rotatable bonds is 4. The summed E-state index contributed by atoms with van der Waals surface area (Å²) in [6, 6.07) is 4.43. The van der Waals surface area contributed by atoms with Gasteiger partial charge in [0.25, 0.3) is 0 Å². The predicted octanol–water partition coefficient (Wildman–Crippen LogP) is 1.76. The molecule has 0 aliphatic heterocycles. The standard InChI is InChI=1S/C10H14FNO2/c1-14-10-6-7(2-3-9(10)13)8(12)4-5-11/h2-3,6,8,13H,4-5,12H2,1H3/t8-/m1/s1. The minimum atomic E-state index is -0.454. The molecule has 4 heteroatoms. The monoisotopic (exact) mass is 199 g/mol. The molecule has 0 heterocycles. The Balaban J connectivity index is 2.88. The fourth-order valence-electron chi connectivity index (χ4n) is 1.21. The highest BCUT2D eigenvalue weighted by Gasteiger charge is 2.09. The SMILES string of the molecule is COc1cc([C@H](N)CCF)ccc1O. The second kappa shape index (κ2) is 4.81. The Kier molecular flexibility index (Phi) is 3.71. The topological polar surface area (TPSA) is 55.5 Å². The second-order valence-electron chi connectivity index (χ2n) is 3.02. The highest BCUT2D eigenvalue weighted by atomic mass is 19.1. The van der Waals surface area contributed by atoms with Crippen LogP contribution < -0.4 is 10.5 Å². The van der Waals surface area contributed by atoms with E-state index in [4.69, 9.17) is 10.5 Å². The lowest BCUT2D eigenvalue weighted by Gasteiger charge is -2.11. The molecule has 0 aliphatic rings. The van der Waals surface area contributed by atoms with Crippen molar-refractivity contribution in [1.29, 1.82) is 0 Å². The molecule has 0 aliphatic carbocycles. The summed E-state index contributed by atoms with van der Waals surface area (Å²) in [5.41, 5.74) is 6.46. The third-order valence-electron chi connectivity index (χ3n) is 2.05. The lowest BCUT2D eigenvalue weighted by molar-refractivity contribution is 0.372. The van der Waals surface area contributed by atoms with Crippen LogP contribution in [0, 0.1) is 0 Å². The summed E-state index contributed by atoms with van der Waals surface area (Å²) in [5, 5.41) is 9.31. The van der Waals surface area contributed by atoms with Crippen LogP contribution in [0.2, 0.25) is 0 Å². The smallest absolute Gasteiger partial charge is 0.160 e. The molecule has 3 nitrogen and oxygen atoms in total. The van der Waals surface area contributed by atoms with Crippen molar-refractivity contribution < 1.29 is 14.2 Å². The van der Waals surface area contributed by atoms with E-state index in [-0.39, 0.29) is 18.2 Å². The first-order valence-electron chi connectivity index (χ1n) is 4.37. The maximum atomic E-state index is 12.0. The zero-order valence-electron chi connectivity index (χ0n) is 8.03. The summed E-state index contributed by atoms with van der Waals surface area (Å²) in [5.74, 6) is 0.417. The summed E-state index contributed by atoms with van der Waals surface area (Å²) >= 11 is 0. The maximum Gasteiger partial charge on any atom is 0.160 e. The van der Waals surface area contributed by atoms with E-state index >= 15 is 0 Å². The average Bonchev–Trinajstić information content (AvgIpc) is 2.19. The summed E-state index contributed by atoms with van der Waals surface area (Å²) in [7, 11) is 1.46. The molecular formula is C10H14FNO2. The van der Waals surface area contributed by atoms with Gasteiger partial charge in [-0.1, -0.05) is 6.07 Å². The minimum Gasteiger partial charge on any atom is -0.504 e. The Labute approximate surface area is 82.3 Å². The Bertz CT molecular complexity index is 304. The molecule has 0 aromatic heterocycles. The number of benzene rings is 1. The molecule has 1 atom stereocenters. The zero-order chi connectivity index (χ0) is 10.6. The quantitative estimate of drug-likeness (QED) is 0.776. The van der Waals surface area contributed by atoms with Crippen molar-refractivity contribution >= 4 is 0 Å². The first-order chi connectivity index (χ1) is 6.69. The Hall–Kier alpha value is -1.29. The molecule has 14 heavy (non-hydrogen) atoms. The molecule has 0 saturated heterocycles. The van der Waals surface area contributed by atoms with Gasteiger partial charge < -0.3 is 15.6 Å². The van der Waals surface area contributed by atoms with Gasteiger partial charge in [0.05, 0.1) is 13.8 Å². The Morgan fingerprint density at radius 1 is 1.57 bits per heavy atom. The van der Waals surface area contributed by atoms with Crippen molar-refractivity contribution in [2.45, 2.75) is 12.5 Å². The summed E-state index contributed by atoms with van der Waals surface area (Å²) in [6.45, 7) is -0.454. The van der Waals surface area contributed by atoms with Gasteiger partial charge in [-0.3, -0.25) is 4.39 Å². The fourth-order valence-corrected chi connectivity index (χ4v) is 1.21. The number of nitrogens with two attached hydrogens (primary N) is 1. The van der Waals surface area contributed by atoms with Crippen LogP contribution in [0.4, 0.5) is 4.39 Å². The van der Waals surface area contributed by atoms with Crippen LogP contribution in [0.1, 0.15) is 18.0 Å². The van der Waals surface area contributed by atoms with Crippen LogP contribution in [0.25, 0.3) is 0 Å². The highest BCUT2D eigenvalue weighted by molar-refractivity contribution is 5.42. The zero-order valence-corrected chi connectivity index (χ0v) is 8.03. The summed E-state index contributed by atoms with van der Waals surface area (Å²) in [6.07, 6.45) is 0.272. The molecule has 1 aromatic rings. The number of halogens is 1. The number of phenolic OH excluding ortho intramolecular Hbond substituents is 1. The van der Waals surface area contributed by atoms with Gasteiger partial charge in [0.1, 0.15) is 0 Å². The first-order valence-corrected chi connectivity index (χ1v) is 4.37. The average molecular weight is 199 g/mol. The van der Waals surface area contributed by atoms with Crippen LogP contribution in [-0.2, 0) is 0 Å². The van der Waals surface area contributed by atoms with E-state index in [2.05, 4.69) is 0 Å². The molecule has 3 N–H and O–H groups in total. The van der Waals surface area contributed by atoms with Gasteiger partial charge in [-0.05, 0) is 24.1 Å². The van der Waals surface area contributed by atoms with Crippen LogP contribution in [0.3, 0.4) is 0 Å². The number of ether oxygens (including phenoxy) is 1. The van der Waals surface area contributed by atoms with Gasteiger partial charge in [-0.15, -0.1) is 0 Å². The number of hydrogen-bond donors (Lipinski definition) is 2. The van der Waals surface area contributed by atoms with E-state index < -0.39 is 6.67 Å². The van der Waals surface area contributed by atoms with Crippen molar-refractivity contribution in [2.24, 2.45) is 5.73 Å². The molecule has 0 spiro atoms. The normalized spacial score (nSPS) is 12.5. The van der Waals surface area contributed by atoms with Crippen LogP contribution in [0.15, 0.2) is 18.2 Å². The number of methoxy groups -OCH3 is 1. The molecule has 0 radical (unpaired) electrons. The number of alkyl halides is 1. The molecule has 0 amide bonds. The van der Waals surface area contributed by atoms with Crippen molar-refractivity contribution in [2.75, 3.05) is 13.8 Å². The van der Waals surface area contributed by atoms with E-state index in [1.807, 2.05) is 0 Å². The number of phenols is 1. The first kappa shape index (κ1) is 10.8. The largest absolute Gasteiger partial charge is 0.504 e. The Morgan fingerprint density at radius 2 is 2.29 bits per heavy atom. The van der Waals surface area contributed by atoms with Gasteiger partial charge in [-0.2, -0.15) is 0 Å². The molecular weight excluding hydrogens is 185 g/mol. The van der Waals surface area contributed by atoms with Crippen molar-refractivity contribution in [3.05, 3.63) is 23.8 Å². The number of hydrogen-bond acceptors (Lipinski definition) is 3. The van der Waals surface area contributed by atoms with E-state index in [1.54, 1.807) is 12.1 Å².